The van der Waals surface area contributed by atoms with Crippen LogP contribution in [0.15, 0.2) is 67.1 Å². The zero-order chi connectivity index (χ0) is 27.7. The molecular weight excluding hydrogens is 500 g/mol. The van der Waals surface area contributed by atoms with Gasteiger partial charge in [-0.15, -0.1) is 0 Å². The molecule has 198 valence electrons. The lowest BCUT2D eigenvalue weighted by molar-refractivity contribution is -0.117. The Balaban J connectivity index is 1.42. The number of pyridine rings is 3. The summed E-state index contributed by atoms with van der Waals surface area (Å²) in [5.41, 5.74) is 2.07. The minimum absolute atomic E-state index is 0.00850. The third-order valence-corrected chi connectivity index (χ3v) is 6.52. The zero-order valence-electron chi connectivity index (χ0n) is 21.8. The first-order valence-corrected chi connectivity index (χ1v) is 12.6. The molecule has 9 heteroatoms. The third kappa shape index (κ3) is 5.98. The number of hydrogen-bond acceptors (Lipinski definition) is 5. The second-order valence-corrected chi connectivity index (χ2v) is 10.1. The van der Waals surface area contributed by atoms with Crippen LogP contribution in [0.4, 0.5) is 20.3 Å². The molecule has 39 heavy (non-hydrogen) atoms. The maximum Gasteiger partial charge on any atom is 0.255 e. The van der Waals surface area contributed by atoms with Gasteiger partial charge in [-0.1, -0.05) is 0 Å². The van der Waals surface area contributed by atoms with Gasteiger partial charge in [0.1, 0.15) is 17.3 Å². The highest BCUT2D eigenvalue weighted by Crippen LogP contribution is 2.33. The van der Waals surface area contributed by atoms with E-state index in [2.05, 4.69) is 25.6 Å². The van der Waals surface area contributed by atoms with E-state index < -0.39 is 17.4 Å². The van der Waals surface area contributed by atoms with Gasteiger partial charge in [0.2, 0.25) is 5.91 Å². The molecule has 1 aromatic carbocycles. The molecule has 2 amide bonds. The molecule has 7 nitrogen and oxygen atoms in total. The molecule has 1 fully saturated rings. The topological polar surface area (TPSA) is 96.9 Å². The molecule has 5 rings (SSSR count). The molecule has 0 radical (unpaired) electrons. The summed E-state index contributed by atoms with van der Waals surface area (Å²) in [6.45, 7) is 4.48. The predicted octanol–water partition coefficient (Wildman–Crippen LogP) is 6.46. The van der Waals surface area contributed by atoms with Gasteiger partial charge in [0.05, 0.1) is 17.1 Å². The fourth-order valence-corrected chi connectivity index (χ4v) is 4.16. The van der Waals surface area contributed by atoms with Gasteiger partial charge in [0.25, 0.3) is 5.91 Å². The van der Waals surface area contributed by atoms with E-state index in [1.807, 2.05) is 6.07 Å². The molecule has 4 aromatic rings. The van der Waals surface area contributed by atoms with Crippen LogP contribution < -0.4 is 10.6 Å². The quantitative estimate of drug-likeness (QED) is 0.288. The molecule has 2 N–H and O–H groups in total. The second kappa shape index (κ2) is 10.3. The summed E-state index contributed by atoms with van der Waals surface area (Å²) >= 11 is 0. The van der Waals surface area contributed by atoms with Gasteiger partial charge in [0.15, 0.2) is 0 Å². The number of alkyl halides is 1. The number of carbonyl (C=O) groups excluding carboxylic acids is 2. The summed E-state index contributed by atoms with van der Waals surface area (Å²) in [4.78, 5) is 37.7. The maximum absolute atomic E-state index is 14.9. The van der Waals surface area contributed by atoms with Crippen molar-refractivity contribution in [2.75, 3.05) is 10.6 Å². The Kier molecular flexibility index (Phi) is 6.91. The number of benzene rings is 1. The highest BCUT2D eigenvalue weighted by Gasteiger charge is 2.29. The van der Waals surface area contributed by atoms with Crippen molar-refractivity contribution in [1.29, 1.82) is 0 Å². The van der Waals surface area contributed by atoms with Crippen molar-refractivity contribution in [3.8, 4) is 22.4 Å². The number of anilines is 2. The van der Waals surface area contributed by atoms with Crippen molar-refractivity contribution in [3.63, 3.8) is 0 Å². The Morgan fingerprint density at radius 3 is 2.36 bits per heavy atom. The highest BCUT2D eigenvalue weighted by molar-refractivity contribution is 6.04. The van der Waals surface area contributed by atoms with Crippen molar-refractivity contribution in [2.24, 2.45) is 5.92 Å². The number of nitrogens with zero attached hydrogens (tertiary/aromatic N) is 3. The number of aromatic nitrogens is 3. The maximum atomic E-state index is 14.9. The molecule has 0 bridgehead atoms. The number of hydrogen-bond donors (Lipinski definition) is 2. The molecule has 3 aromatic heterocycles. The van der Waals surface area contributed by atoms with Crippen molar-refractivity contribution >= 4 is 23.3 Å². The normalized spacial score (nSPS) is 13.2. The number of carbonyl (C=O) groups is 2. The van der Waals surface area contributed by atoms with Gasteiger partial charge in [-0.25, -0.2) is 13.8 Å². The first kappa shape index (κ1) is 26.1. The van der Waals surface area contributed by atoms with E-state index in [1.165, 1.54) is 38.2 Å². The van der Waals surface area contributed by atoms with Crippen LogP contribution in [0.25, 0.3) is 22.4 Å². The standard InChI is InChI=1S/C30H27F2N5O2/c1-17-12-23(31)25(36-29(39)21-8-10-34-26(14-21)30(2,3)32)16-22(17)19-6-9-33-24(13-19)20-7-11-35-27(15-20)37-28(38)18-4-5-18/h6-16,18H,4-5H2,1-3H3,(H,36,39)(H,35,37,38). The number of halogens is 2. The molecule has 0 aliphatic heterocycles. The number of aryl methyl sites for hydroxylation is 1. The fourth-order valence-electron chi connectivity index (χ4n) is 4.16. The largest absolute Gasteiger partial charge is 0.319 e. The fraction of sp³-hybridized carbons (Fsp3) is 0.233. The van der Waals surface area contributed by atoms with E-state index >= 15 is 0 Å². The van der Waals surface area contributed by atoms with Gasteiger partial charge in [-0.2, -0.15) is 0 Å². The second-order valence-electron chi connectivity index (χ2n) is 10.1. The van der Waals surface area contributed by atoms with Gasteiger partial charge in [-0.3, -0.25) is 19.6 Å². The summed E-state index contributed by atoms with van der Waals surface area (Å²) in [5.74, 6) is -0.692. The molecule has 1 aliphatic rings. The van der Waals surface area contributed by atoms with E-state index in [1.54, 1.807) is 43.6 Å². The molecule has 0 unspecified atom stereocenters. The lowest BCUT2D eigenvalue weighted by Crippen LogP contribution is -2.17. The smallest absolute Gasteiger partial charge is 0.255 e. The average Bonchev–Trinajstić information content (AvgIpc) is 3.76. The minimum Gasteiger partial charge on any atom is -0.319 e. The van der Waals surface area contributed by atoms with E-state index in [4.69, 9.17) is 0 Å². The van der Waals surface area contributed by atoms with Crippen LogP contribution >= 0.6 is 0 Å². The summed E-state index contributed by atoms with van der Waals surface area (Å²) in [7, 11) is 0. The third-order valence-electron chi connectivity index (χ3n) is 6.52. The Bertz CT molecular complexity index is 1580. The SMILES string of the molecule is Cc1cc(F)c(NC(=O)c2ccnc(C(C)(C)F)c2)cc1-c1ccnc(-c2ccnc(NC(=O)C3CC3)c2)c1. The van der Waals surface area contributed by atoms with E-state index in [9.17, 15) is 18.4 Å². The summed E-state index contributed by atoms with van der Waals surface area (Å²) in [6, 6.07) is 12.9. The molecule has 1 saturated carbocycles. The molecule has 0 spiro atoms. The lowest BCUT2D eigenvalue weighted by Gasteiger charge is -2.15. The van der Waals surface area contributed by atoms with Crippen LogP contribution in [-0.2, 0) is 10.5 Å². The van der Waals surface area contributed by atoms with Gasteiger partial charge >= 0.3 is 0 Å². The molecule has 1 aliphatic carbocycles. The number of rotatable bonds is 7. The van der Waals surface area contributed by atoms with Crippen molar-refractivity contribution in [3.05, 3.63) is 89.8 Å². The highest BCUT2D eigenvalue weighted by atomic mass is 19.1. The van der Waals surface area contributed by atoms with Crippen LogP contribution in [0.1, 0.15) is 48.3 Å². The van der Waals surface area contributed by atoms with Crippen LogP contribution in [-0.4, -0.2) is 26.8 Å². The van der Waals surface area contributed by atoms with E-state index in [0.29, 0.717) is 22.6 Å². The van der Waals surface area contributed by atoms with Gasteiger partial charge < -0.3 is 10.6 Å². The molecular formula is C30H27F2N5O2. The first-order chi connectivity index (χ1) is 18.6. The summed E-state index contributed by atoms with van der Waals surface area (Å²) in [6.07, 6.45) is 6.40. The van der Waals surface area contributed by atoms with E-state index in [0.717, 1.165) is 24.0 Å². The van der Waals surface area contributed by atoms with E-state index in [-0.39, 0.29) is 28.8 Å². The number of nitrogens with one attached hydrogen (secondary N) is 2. The lowest BCUT2D eigenvalue weighted by atomic mass is 9.98. The van der Waals surface area contributed by atoms with Crippen molar-refractivity contribution in [1.82, 2.24) is 15.0 Å². The first-order valence-electron chi connectivity index (χ1n) is 12.6. The number of amides is 2. The Hall–Kier alpha value is -4.53. The monoisotopic (exact) mass is 527 g/mol. The van der Waals surface area contributed by atoms with Gasteiger partial charge in [-0.05, 0) is 98.8 Å². The molecule has 3 heterocycles. The minimum atomic E-state index is -1.73. The van der Waals surface area contributed by atoms with Crippen LogP contribution in [0.2, 0.25) is 0 Å². The Labute approximate surface area is 224 Å². The molecule has 0 atom stereocenters. The van der Waals surface area contributed by atoms with Crippen LogP contribution in [0.3, 0.4) is 0 Å². The average molecular weight is 528 g/mol. The van der Waals surface area contributed by atoms with Crippen LogP contribution in [0, 0.1) is 18.7 Å². The van der Waals surface area contributed by atoms with Crippen molar-refractivity contribution < 1.29 is 18.4 Å². The molecule has 0 saturated heterocycles. The Morgan fingerprint density at radius 1 is 0.897 bits per heavy atom. The van der Waals surface area contributed by atoms with Gasteiger partial charge in [0, 0.05) is 35.6 Å². The summed E-state index contributed by atoms with van der Waals surface area (Å²) in [5, 5.41) is 5.44. The van der Waals surface area contributed by atoms with Crippen molar-refractivity contribution in [2.45, 2.75) is 39.3 Å². The zero-order valence-corrected chi connectivity index (χ0v) is 21.8. The van der Waals surface area contributed by atoms with Crippen LogP contribution in [0.5, 0.6) is 0 Å². The summed E-state index contributed by atoms with van der Waals surface area (Å²) < 4.78 is 29.2. The predicted molar refractivity (Wildman–Crippen MR) is 145 cm³/mol. The Morgan fingerprint density at radius 2 is 1.62 bits per heavy atom.